The number of para-hydroxylation sites is 1. The van der Waals surface area contributed by atoms with E-state index in [4.69, 9.17) is 0 Å². The molecule has 2 heterocycles. The van der Waals surface area contributed by atoms with Crippen molar-refractivity contribution in [2.45, 2.75) is 6.92 Å². The fourth-order valence-electron chi connectivity index (χ4n) is 1.94. The molecule has 0 amide bonds. The zero-order valence-corrected chi connectivity index (χ0v) is 10.7. The van der Waals surface area contributed by atoms with Gasteiger partial charge in [-0.05, 0) is 13.0 Å². The van der Waals surface area contributed by atoms with Crippen molar-refractivity contribution < 1.29 is 0 Å². The summed E-state index contributed by atoms with van der Waals surface area (Å²) in [6.07, 6.45) is 1.80. The van der Waals surface area contributed by atoms with Crippen LogP contribution < -0.4 is 5.32 Å². The lowest BCUT2D eigenvalue weighted by Crippen LogP contribution is -1.98. The standard InChI is InChI=1S/C13H12N4S/c1-2-14-13-12(16-18-17-13)10-7-3-5-9-6-4-8-15-11(9)10/h3-8H,2H2,1H3,(H,14,17). The maximum absolute atomic E-state index is 4.45. The van der Waals surface area contributed by atoms with Crippen molar-refractivity contribution in [3.05, 3.63) is 36.5 Å². The first-order valence-electron chi connectivity index (χ1n) is 5.80. The minimum atomic E-state index is 0.830. The van der Waals surface area contributed by atoms with Crippen molar-refractivity contribution in [1.29, 1.82) is 0 Å². The van der Waals surface area contributed by atoms with Gasteiger partial charge in [-0.15, -0.1) is 0 Å². The maximum Gasteiger partial charge on any atom is 0.168 e. The highest BCUT2D eigenvalue weighted by Crippen LogP contribution is 2.30. The van der Waals surface area contributed by atoms with Crippen LogP contribution in [0, 0.1) is 0 Å². The van der Waals surface area contributed by atoms with Gasteiger partial charge in [-0.2, -0.15) is 8.75 Å². The number of aromatic nitrogens is 3. The monoisotopic (exact) mass is 256 g/mol. The predicted octanol–water partition coefficient (Wildman–Crippen LogP) is 3.19. The second-order valence-electron chi connectivity index (χ2n) is 3.87. The first-order valence-corrected chi connectivity index (χ1v) is 6.53. The largest absolute Gasteiger partial charge is 0.368 e. The van der Waals surface area contributed by atoms with Crippen molar-refractivity contribution >= 4 is 28.4 Å². The summed E-state index contributed by atoms with van der Waals surface area (Å²) in [5.41, 5.74) is 2.87. The Labute approximate surface area is 109 Å². The Morgan fingerprint density at radius 2 is 2.06 bits per heavy atom. The number of nitrogens with zero attached hydrogens (tertiary/aromatic N) is 3. The second-order valence-corrected chi connectivity index (χ2v) is 4.40. The number of nitrogens with one attached hydrogen (secondary N) is 1. The van der Waals surface area contributed by atoms with E-state index in [1.54, 1.807) is 6.20 Å². The quantitative estimate of drug-likeness (QED) is 0.782. The molecule has 90 valence electrons. The molecule has 1 aromatic carbocycles. The molecular formula is C13H12N4S. The van der Waals surface area contributed by atoms with Gasteiger partial charge in [-0.3, -0.25) is 4.98 Å². The van der Waals surface area contributed by atoms with Gasteiger partial charge < -0.3 is 5.32 Å². The molecular weight excluding hydrogens is 244 g/mol. The Kier molecular flexibility index (Phi) is 2.90. The third-order valence-corrected chi connectivity index (χ3v) is 3.25. The van der Waals surface area contributed by atoms with Gasteiger partial charge >= 0.3 is 0 Å². The van der Waals surface area contributed by atoms with Crippen LogP contribution >= 0.6 is 11.7 Å². The second kappa shape index (κ2) is 4.70. The van der Waals surface area contributed by atoms with Gasteiger partial charge in [0.15, 0.2) is 5.82 Å². The molecule has 0 atom stereocenters. The highest BCUT2D eigenvalue weighted by Gasteiger charge is 2.13. The Morgan fingerprint density at radius 3 is 2.94 bits per heavy atom. The lowest BCUT2D eigenvalue weighted by molar-refractivity contribution is 1.19. The third-order valence-electron chi connectivity index (χ3n) is 2.72. The van der Waals surface area contributed by atoms with E-state index in [2.05, 4.69) is 31.2 Å². The molecule has 3 rings (SSSR count). The number of hydrogen-bond acceptors (Lipinski definition) is 5. The molecule has 0 radical (unpaired) electrons. The minimum Gasteiger partial charge on any atom is -0.368 e. The summed E-state index contributed by atoms with van der Waals surface area (Å²) in [7, 11) is 0. The molecule has 0 aliphatic rings. The van der Waals surface area contributed by atoms with Crippen LogP contribution in [0.1, 0.15) is 6.92 Å². The van der Waals surface area contributed by atoms with E-state index in [0.29, 0.717) is 0 Å². The molecule has 0 spiro atoms. The highest BCUT2D eigenvalue weighted by atomic mass is 32.1. The van der Waals surface area contributed by atoms with Crippen LogP contribution in [0.4, 0.5) is 5.82 Å². The van der Waals surface area contributed by atoms with E-state index in [0.717, 1.165) is 34.5 Å². The summed E-state index contributed by atoms with van der Waals surface area (Å²) in [5, 5.41) is 4.34. The van der Waals surface area contributed by atoms with Crippen molar-refractivity contribution in [3.63, 3.8) is 0 Å². The summed E-state index contributed by atoms with van der Waals surface area (Å²) < 4.78 is 8.66. The van der Waals surface area contributed by atoms with E-state index < -0.39 is 0 Å². The summed E-state index contributed by atoms with van der Waals surface area (Å²) >= 11 is 1.22. The summed E-state index contributed by atoms with van der Waals surface area (Å²) in [6.45, 7) is 2.88. The highest BCUT2D eigenvalue weighted by molar-refractivity contribution is 6.99. The number of pyridine rings is 1. The van der Waals surface area contributed by atoms with Gasteiger partial charge in [0.05, 0.1) is 17.2 Å². The molecule has 0 bridgehead atoms. The maximum atomic E-state index is 4.45. The Morgan fingerprint density at radius 1 is 1.17 bits per heavy atom. The number of fused-ring (bicyclic) bond motifs is 1. The SMILES string of the molecule is CCNc1nsnc1-c1cccc2cccnc12. The number of benzene rings is 1. The normalized spacial score (nSPS) is 10.7. The minimum absolute atomic E-state index is 0.830. The summed E-state index contributed by atoms with van der Waals surface area (Å²) in [4.78, 5) is 4.45. The molecule has 18 heavy (non-hydrogen) atoms. The van der Waals surface area contributed by atoms with E-state index in [1.807, 2.05) is 25.1 Å². The van der Waals surface area contributed by atoms with E-state index in [9.17, 15) is 0 Å². The van der Waals surface area contributed by atoms with Gasteiger partial charge in [0.1, 0.15) is 5.69 Å². The van der Waals surface area contributed by atoms with Crippen molar-refractivity contribution in [3.8, 4) is 11.3 Å². The number of anilines is 1. The fourth-order valence-corrected chi connectivity index (χ4v) is 2.48. The van der Waals surface area contributed by atoms with Crippen LogP contribution in [0.3, 0.4) is 0 Å². The van der Waals surface area contributed by atoms with Crippen LogP contribution in [-0.4, -0.2) is 20.3 Å². The van der Waals surface area contributed by atoms with Gasteiger partial charge in [-0.25, -0.2) is 0 Å². The number of hydrogen-bond donors (Lipinski definition) is 1. The van der Waals surface area contributed by atoms with Crippen LogP contribution in [0.25, 0.3) is 22.2 Å². The average Bonchev–Trinajstić information content (AvgIpc) is 2.87. The first-order chi connectivity index (χ1) is 8.90. The van der Waals surface area contributed by atoms with Gasteiger partial charge in [0.2, 0.25) is 0 Å². The molecule has 1 N–H and O–H groups in total. The summed E-state index contributed by atoms with van der Waals surface area (Å²) in [5.74, 6) is 0.834. The van der Waals surface area contributed by atoms with Crippen LogP contribution in [0.5, 0.6) is 0 Å². The average molecular weight is 256 g/mol. The van der Waals surface area contributed by atoms with Gasteiger partial charge in [0.25, 0.3) is 0 Å². The third kappa shape index (κ3) is 1.82. The zero-order valence-electron chi connectivity index (χ0n) is 9.92. The van der Waals surface area contributed by atoms with E-state index >= 15 is 0 Å². The van der Waals surface area contributed by atoms with E-state index in [1.165, 1.54) is 11.7 Å². The summed E-state index contributed by atoms with van der Waals surface area (Å²) in [6, 6.07) is 10.1. The molecule has 2 aromatic heterocycles. The van der Waals surface area contributed by atoms with Crippen molar-refractivity contribution in [2.24, 2.45) is 0 Å². The smallest absolute Gasteiger partial charge is 0.168 e. The fraction of sp³-hybridized carbons (Fsp3) is 0.154. The van der Waals surface area contributed by atoms with Crippen molar-refractivity contribution in [2.75, 3.05) is 11.9 Å². The molecule has 3 aromatic rings. The van der Waals surface area contributed by atoms with Gasteiger partial charge in [-0.1, -0.05) is 24.3 Å². The molecule has 5 heteroatoms. The molecule has 0 aliphatic carbocycles. The molecule has 0 saturated heterocycles. The lowest BCUT2D eigenvalue weighted by atomic mass is 10.1. The number of rotatable bonds is 3. The molecule has 4 nitrogen and oxygen atoms in total. The Bertz CT molecular complexity index is 672. The van der Waals surface area contributed by atoms with Crippen LogP contribution in [-0.2, 0) is 0 Å². The van der Waals surface area contributed by atoms with Crippen LogP contribution in [0.2, 0.25) is 0 Å². The molecule has 0 unspecified atom stereocenters. The van der Waals surface area contributed by atoms with Crippen LogP contribution in [0.15, 0.2) is 36.5 Å². The molecule has 0 fully saturated rings. The Hall–Kier alpha value is -2.01. The Balaban J connectivity index is 2.22. The zero-order chi connectivity index (χ0) is 12.4. The predicted molar refractivity (Wildman–Crippen MR) is 74.8 cm³/mol. The topological polar surface area (TPSA) is 50.7 Å². The molecule has 0 aliphatic heterocycles. The van der Waals surface area contributed by atoms with E-state index in [-0.39, 0.29) is 0 Å². The van der Waals surface area contributed by atoms with Gasteiger partial charge in [0, 0.05) is 23.7 Å². The first kappa shape index (κ1) is 11.1. The lowest BCUT2D eigenvalue weighted by Gasteiger charge is -2.05. The molecule has 0 saturated carbocycles. The van der Waals surface area contributed by atoms with Crippen molar-refractivity contribution in [1.82, 2.24) is 13.7 Å².